The second-order valence-electron chi connectivity index (χ2n) is 5.32. The van der Waals surface area contributed by atoms with Crippen LogP contribution in [0, 0.1) is 0 Å². The number of hydrogen-bond acceptors (Lipinski definition) is 3. The molecular formula is C17H18N2O2. The summed E-state index contributed by atoms with van der Waals surface area (Å²) in [6.45, 7) is 0.695. The molecule has 1 aliphatic rings. The van der Waals surface area contributed by atoms with Crippen molar-refractivity contribution in [2.45, 2.75) is 19.3 Å². The van der Waals surface area contributed by atoms with Crippen LogP contribution >= 0.6 is 0 Å². The molecular weight excluding hydrogens is 264 g/mol. The summed E-state index contributed by atoms with van der Waals surface area (Å²) >= 11 is 0. The van der Waals surface area contributed by atoms with E-state index in [1.54, 1.807) is 17.0 Å². The fourth-order valence-corrected chi connectivity index (χ4v) is 2.73. The van der Waals surface area contributed by atoms with Gasteiger partial charge in [0.1, 0.15) is 5.75 Å². The topological polar surface area (TPSA) is 66.6 Å². The second kappa shape index (κ2) is 5.48. The maximum Gasteiger partial charge on any atom is 0.258 e. The smallest absolute Gasteiger partial charge is 0.258 e. The van der Waals surface area contributed by atoms with Crippen LogP contribution < -0.4 is 10.6 Å². The number of carbonyl (C=O) groups excluding carboxylic acids is 1. The van der Waals surface area contributed by atoms with Crippen molar-refractivity contribution in [3.63, 3.8) is 0 Å². The van der Waals surface area contributed by atoms with Crippen molar-refractivity contribution in [3.05, 3.63) is 53.6 Å². The van der Waals surface area contributed by atoms with Crippen molar-refractivity contribution in [2.24, 2.45) is 0 Å². The first-order chi connectivity index (χ1) is 10.2. The van der Waals surface area contributed by atoms with Gasteiger partial charge in [0.05, 0.1) is 5.69 Å². The molecule has 0 fully saturated rings. The molecule has 1 aliphatic heterocycles. The Morgan fingerprint density at radius 1 is 1.14 bits per heavy atom. The van der Waals surface area contributed by atoms with Crippen molar-refractivity contribution < 1.29 is 9.90 Å². The van der Waals surface area contributed by atoms with E-state index in [4.69, 9.17) is 5.73 Å². The van der Waals surface area contributed by atoms with E-state index in [-0.39, 0.29) is 17.3 Å². The average Bonchev–Trinajstić information content (AvgIpc) is 2.71. The molecule has 0 spiro atoms. The van der Waals surface area contributed by atoms with E-state index >= 15 is 0 Å². The first-order valence-corrected chi connectivity index (χ1v) is 7.15. The standard InChI is InChI=1S/C17H18N2O2/c18-14-9-8-13(11-16(14)20)17(21)19-10-4-3-6-12-5-1-2-7-15(12)19/h1-2,5,7-9,11,20H,3-4,6,10,18H2. The molecule has 4 nitrogen and oxygen atoms in total. The maximum absolute atomic E-state index is 12.8. The Balaban J connectivity index is 1.99. The molecule has 0 saturated heterocycles. The van der Waals surface area contributed by atoms with Crippen LogP contribution in [0.25, 0.3) is 0 Å². The molecule has 2 aromatic carbocycles. The van der Waals surface area contributed by atoms with Crippen LogP contribution in [-0.2, 0) is 6.42 Å². The fraction of sp³-hybridized carbons (Fsp3) is 0.235. The van der Waals surface area contributed by atoms with E-state index in [2.05, 4.69) is 6.07 Å². The number of nitrogen functional groups attached to an aromatic ring is 1. The van der Waals surface area contributed by atoms with Gasteiger partial charge >= 0.3 is 0 Å². The van der Waals surface area contributed by atoms with Gasteiger partial charge in [-0.05, 0) is 49.1 Å². The molecule has 1 heterocycles. The number of phenols is 1. The number of rotatable bonds is 1. The minimum absolute atomic E-state index is 0.0519. The minimum atomic E-state index is -0.0975. The van der Waals surface area contributed by atoms with Crippen LogP contribution in [0.15, 0.2) is 42.5 Å². The van der Waals surface area contributed by atoms with Gasteiger partial charge in [-0.3, -0.25) is 4.79 Å². The molecule has 1 amide bonds. The number of nitrogens with two attached hydrogens (primary N) is 1. The molecule has 0 atom stereocenters. The van der Waals surface area contributed by atoms with Crippen LogP contribution in [0.1, 0.15) is 28.8 Å². The number of amides is 1. The lowest BCUT2D eigenvalue weighted by molar-refractivity contribution is 0.0986. The van der Waals surface area contributed by atoms with Crippen molar-refractivity contribution in [1.29, 1.82) is 0 Å². The Morgan fingerprint density at radius 2 is 1.95 bits per heavy atom. The lowest BCUT2D eigenvalue weighted by Gasteiger charge is -2.23. The summed E-state index contributed by atoms with van der Waals surface area (Å²) in [6.07, 6.45) is 3.04. The monoisotopic (exact) mass is 282 g/mol. The lowest BCUT2D eigenvalue weighted by Crippen LogP contribution is -2.31. The van der Waals surface area contributed by atoms with Gasteiger partial charge < -0.3 is 15.7 Å². The van der Waals surface area contributed by atoms with Crippen molar-refractivity contribution in [1.82, 2.24) is 0 Å². The van der Waals surface area contributed by atoms with Gasteiger partial charge in [-0.25, -0.2) is 0 Å². The fourth-order valence-electron chi connectivity index (χ4n) is 2.73. The first kappa shape index (κ1) is 13.5. The molecule has 4 heteroatoms. The lowest BCUT2D eigenvalue weighted by atomic mass is 10.1. The van der Waals surface area contributed by atoms with Crippen LogP contribution in [0.4, 0.5) is 11.4 Å². The van der Waals surface area contributed by atoms with E-state index < -0.39 is 0 Å². The number of nitrogens with zero attached hydrogens (tertiary/aromatic N) is 1. The van der Waals surface area contributed by atoms with Crippen molar-refractivity contribution in [2.75, 3.05) is 17.2 Å². The van der Waals surface area contributed by atoms with E-state index in [0.717, 1.165) is 24.9 Å². The molecule has 2 aromatic rings. The van der Waals surface area contributed by atoms with Gasteiger partial charge in [0.15, 0.2) is 0 Å². The Bertz CT molecular complexity index is 682. The largest absolute Gasteiger partial charge is 0.506 e. The minimum Gasteiger partial charge on any atom is -0.506 e. The third-order valence-corrected chi connectivity index (χ3v) is 3.88. The number of hydrogen-bond donors (Lipinski definition) is 2. The summed E-state index contributed by atoms with van der Waals surface area (Å²) in [4.78, 5) is 14.6. The third-order valence-electron chi connectivity index (χ3n) is 3.88. The van der Waals surface area contributed by atoms with Gasteiger partial charge in [-0.1, -0.05) is 18.2 Å². The van der Waals surface area contributed by atoms with Crippen molar-refractivity contribution in [3.8, 4) is 5.75 Å². The average molecular weight is 282 g/mol. The zero-order valence-corrected chi connectivity index (χ0v) is 11.7. The highest BCUT2D eigenvalue weighted by Gasteiger charge is 2.22. The van der Waals surface area contributed by atoms with Gasteiger partial charge in [0.25, 0.3) is 5.91 Å². The zero-order valence-electron chi connectivity index (χ0n) is 11.7. The molecule has 108 valence electrons. The predicted octanol–water partition coefficient (Wildman–Crippen LogP) is 2.96. The van der Waals surface area contributed by atoms with Crippen LogP contribution in [-0.4, -0.2) is 17.6 Å². The molecule has 21 heavy (non-hydrogen) atoms. The molecule has 0 radical (unpaired) electrons. The summed E-state index contributed by atoms with van der Waals surface area (Å²) < 4.78 is 0. The summed E-state index contributed by atoms with van der Waals surface area (Å²) in [5.74, 6) is -0.149. The van der Waals surface area contributed by atoms with E-state index in [1.165, 1.54) is 11.6 Å². The van der Waals surface area contributed by atoms with E-state index in [1.807, 2.05) is 18.2 Å². The van der Waals surface area contributed by atoms with Crippen LogP contribution in [0.3, 0.4) is 0 Å². The summed E-state index contributed by atoms with van der Waals surface area (Å²) in [5, 5.41) is 9.70. The molecule has 0 aromatic heterocycles. The Hall–Kier alpha value is -2.49. The zero-order chi connectivity index (χ0) is 14.8. The quantitative estimate of drug-likeness (QED) is 0.624. The van der Waals surface area contributed by atoms with Gasteiger partial charge in [0.2, 0.25) is 0 Å². The predicted molar refractivity (Wildman–Crippen MR) is 83.6 cm³/mol. The van der Waals surface area contributed by atoms with Gasteiger partial charge in [0, 0.05) is 17.8 Å². The number of benzene rings is 2. The normalized spacial score (nSPS) is 14.4. The highest BCUT2D eigenvalue weighted by atomic mass is 16.3. The van der Waals surface area contributed by atoms with Gasteiger partial charge in [-0.2, -0.15) is 0 Å². The third kappa shape index (κ3) is 2.57. The number of para-hydroxylation sites is 1. The van der Waals surface area contributed by atoms with E-state index in [9.17, 15) is 9.90 Å². The van der Waals surface area contributed by atoms with Gasteiger partial charge in [-0.15, -0.1) is 0 Å². The highest BCUT2D eigenvalue weighted by molar-refractivity contribution is 6.07. The first-order valence-electron chi connectivity index (χ1n) is 7.15. The Kier molecular flexibility index (Phi) is 3.52. The number of fused-ring (bicyclic) bond motifs is 1. The molecule has 3 rings (SSSR count). The molecule has 0 saturated carbocycles. The number of carbonyl (C=O) groups is 1. The number of aryl methyl sites for hydroxylation is 1. The van der Waals surface area contributed by atoms with Crippen LogP contribution in [0.5, 0.6) is 5.75 Å². The molecule has 0 aliphatic carbocycles. The number of aromatic hydroxyl groups is 1. The Labute approximate surface area is 123 Å². The summed E-state index contributed by atoms with van der Waals surface area (Å²) in [7, 11) is 0. The number of phenolic OH excluding ortho intramolecular Hbond substituents is 1. The summed E-state index contributed by atoms with van der Waals surface area (Å²) in [5.41, 5.74) is 8.50. The molecule has 0 bridgehead atoms. The van der Waals surface area contributed by atoms with Crippen molar-refractivity contribution >= 4 is 17.3 Å². The summed E-state index contributed by atoms with van der Waals surface area (Å²) in [6, 6.07) is 12.7. The molecule has 3 N–H and O–H groups in total. The highest BCUT2D eigenvalue weighted by Crippen LogP contribution is 2.29. The van der Waals surface area contributed by atoms with Crippen LogP contribution in [0.2, 0.25) is 0 Å². The SMILES string of the molecule is Nc1ccc(C(=O)N2CCCCc3ccccc32)cc1O. The molecule has 0 unspecified atom stereocenters. The maximum atomic E-state index is 12.8. The van der Waals surface area contributed by atoms with E-state index in [0.29, 0.717) is 12.1 Å². The second-order valence-corrected chi connectivity index (χ2v) is 5.32. The number of anilines is 2. The Morgan fingerprint density at radius 3 is 2.76 bits per heavy atom.